The first kappa shape index (κ1) is 17.6. The minimum absolute atomic E-state index is 0.515. The number of ether oxygens (including phenoxy) is 1. The van der Waals surface area contributed by atoms with E-state index in [1.165, 1.54) is 32.1 Å². The molecule has 0 atom stereocenters. The second-order valence-electron chi connectivity index (χ2n) is 5.16. The Balaban J connectivity index is 2.08. The molecule has 0 saturated heterocycles. The SMILES string of the molecule is CCNC(=NCCCOC1CCCCC1)NCCSC. The van der Waals surface area contributed by atoms with Gasteiger partial charge < -0.3 is 15.4 Å². The maximum Gasteiger partial charge on any atom is 0.191 e. The fraction of sp³-hybridized carbons (Fsp3) is 0.933. The summed E-state index contributed by atoms with van der Waals surface area (Å²) in [5, 5.41) is 6.61. The van der Waals surface area contributed by atoms with Crippen LogP contribution in [0.5, 0.6) is 0 Å². The fourth-order valence-electron chi connectivity index (χ4n) is 2.35. The van der Waals surface area contributed by atoms with Gasteiger partial charge in [-0.25, -0.2) is 0 Å². The van der Waals surface area contributed by atoms with Gasteiger partial charge in [0.15, 0.2) is 5.96 Å². The molecule has 0 spiro atoms. The molecule has 0 unspecified atom stereocenters. The van der Waals surface area contributed by atoms with Crippen molar-refractivity contribution >= 4 is 17.7 Å². The molecule has 118 valence electrons. The van der Waals surface area contributed by atoms with Crippen LogP contribution in [0, 0.1) is 0 Å². The van der Waals surface area contributed by atoms with Crippen LogP contribution in [0.3, 0.4) is 0 Å². The number of hydrogen-bond acceptors (Lipinski definition) is 3. The zero-order valence-electron chi connectivity index (χ0n) is 13.1. The third kappa shape index (κ3) is 8.69. The molecule has 0 heterocycles. The molecule has 5 heteroatoms. The monoisotopic (exact) mass is 301 g/mol. The van der Waals surface area contributed by atoms with Crippen LogP contribution in [0.4, 0.5) is 0 Å². The van der Waals surface area contributed by atoms with Crippen molar-refractivity contribution in [2.45, 2.75) is 51.6 Å². The lowest BCUT2D eigenvalue weighted by molar-refractivity contribution is 0.0281. The highest BCUT2D eigenvalue weighted by Crippen LogP contribution is 2.20. The second kappa shape index (κ2) is 12.3. The third-order valence-corrected chi connectivity index (χ3v) is 4.03. The van der Waals surface area contributed by atoms with E-state index in [0.717, 1.165) is 44.4 Å². The number of hydrogen-bond donors (Lipinski definition) is 2. The number of nitrogens with zero attached hydrogens (tertiary/aromatic N) is 1. The van der Waals surface area contributed by atoms with Crippen LogP contribution in [-0.4, -0.2) is 50.3 Å². The van der Waals surface area contributed by atoms with Gasteiger partial charge in [-0.15, -0.1) is 0 Å². The van der Waals surface area contributed by atoms with E-state index in [0.29, 0.717) is 6.10 Å². The Morgan fingerprint density at radius 1 is 1.25 bits per heavy atom. The summed E-state index contributed by atoms with van der Waals surface area (Å²) in [6, 6.07) is 0. The number of nitrogens with one attached hydrogen (secondary N) is 2. The number of aliphatic imine (C=N–C) groups is 1. The number of thioether (sulfide) groups is 1. The lowest BCUT2D eigenvalue weighted by Crippen LogP contribution is -2.38. The largest absolute Gasteiger partial charge is 0.378 e. The van der Waals surface area contributed by atoms with E-state index in [-0.39, 0.29) is 0 Å². The van der Waals surface area contributed by atoms with E-state index in [1.807, 2.05) is 11.8 Å². The summed E-state index contributed by atoms with van der Waals surface area (Å²) < 4.78 is 5.91. The van der Waals surface area contributed by atoms with Gasteiger partial charge in [0.1, 0.15) is 0 Å². The maximum atomic E-state index is 5.91. The quantitative estimate of drug-likeness (QED) is 0.390. The Bertz CT molecular complexity index is 256. The lowest BCUT2D eigenvalue weighted by atomic mass is 9.98. The highest BCUT2D eigenvalue weighted by Gasteiger charge is 2.12. The lowest BCUT2D eigenvalue weighted by Gasteiger charge is -2.21. The van der Waals surface area contributed by atoms with Gasteiger partial charge in [-0.1, -0.05) is 19.3 Å². The second-order valence-corrected chi connectivity index (χ2v) is 6.15. The van der Waals surface area contributed by atoms with Crippen molar-refractivity contribution in [3.05, 3.63) is 0 Å². The van der Waals surface area contributed by atoms with Crippen LogP contribution in [-0.2, 0) is 4.74 Å². The van der Waals surface area contributed by atoms with Crippen molar-refractivity contribution in [2.75, 3.05) is 38.2 Å². The normalized spacial score (nSPS) is 17.2. The zero-order chi connectivity index (χ0) is 14.5. The first-order chi connectivity index (χ1) is 9.86. The topological polar surface area (TPSA) is 45.7 Å². The molecule has 1 aliphatic rings. The average Bonchev–Trinajstić information content (AvgIpc) is 2.48. The molecule has 1 aliphatic carbocycles. The van der Waals surface area contributed by atoms with Crippen molar-refractivity contribution in [1.29, 1.82) is 0 Å². The third-order valence-electron chi connectivity index (χ3n) is 3.42. The number of guanidine groups is 1. The van der Waals surface area contributed by atoms with Gasteiger partial charge in [-0.05, 0) is 32.4 Å². The van der Waals surface area contributed by atoms with Gasteiger partial charge in [0.25, 0.3) is 0 Å². The Labute approximate surface area is 128 Å². The van der Waals surface area contributed by atoms with E-state index in [4.69, 9.17) is 4.74 Å². The van der Waals surface area contributed by atoms with Crippen molar-refractivity contribution < 1.29 is 4.74 Å². The van der Waals surface area contributed by atoms with Gasteiger partial charge in [0.2, 0.25) is 0 Å². The average molecular weight is 301 g/mol. The summed E-state index contributed by atoms with van der Waals surface area (Å²) in [7, 11) is 0. The van der Waals surface area contributed by atoms with Crippen molar-refractivity contribution in [3.63, 3.8) is 0 Å². The van der Waals surface area contributed by atoms with Gasteiger partial charge in [0, 0.05) is 32.0 Å². The van der Waals surface area contributed by atoms with Gasteiger partial charge in [-0.2, -0.15) is 11.8 Å². The first-order valence-corrected chi connectivity index (χ1v) is 9.39. The predicted molar refractivity (Wildman–Crippen MR) is 89.8 cm³/mol. The summed E-state index contributed by atoms with van der Waals surface area (Å²) in [5.74, 6) is 2.04. The summed E-state index contributed by atoms with van der Waals surface area (Å²) in [6.45, 7) is 5.65. The van der Waals surface area contributed by atoms with Crippen LogP contribution >= 0.6 is 11.8 Å². The van der Waals surface area contributed by atoms with Crippen LogP contribution in [0.1, 0.15) is 45.4 Å². The van der Waals surface area contributed by atoms with Gasteiger partial charge >= 0.3 is 0 Å². The molecule has 0 amide bonds. The van der Waals surface area contributed by atoms with E-state index in [9.17, 15) is 0 Å². The van der Waals surface area contributed by atoms with Crippen molar-refractivity contribution in [3.8, 4) is 0 Å². The highest BCUT2D eigenvalue weighted by atomic mass is 32.2. The van der Waals surface area contributed by atoms with Gasteiger partial charge in [-0.3, -0.25) is 4.99 Å². The van der Waals surface area contributed by atoms with Crippen molar-refractivity contribution in [1.82, 2.24) is 10.6 Å². The van der Waals surface area contributed by atoms with E-state index < -0.39 is 0 Å². The van der Waals surface area contributed by atoms with E-state index in [1.54, 1.807) is 0 Å². The Hall–Kier alpha value is -0.420. The molecule has 20 heavy (non-hydrogen) atoms. The molecule has 0 aromatic rings. The molecule has 1 saturated carbocycles. The molecule has 0 bridgehead atoms. The first-order valence-electron chi connectivity index (χ1n) is 7.99. The molecule has 2 N–H and O–H groups in total. The molecule has 4 nitrogen and oxygen atoms in total. The zero-order valence-corrected chi connectivity index (χ0v) is 13.9. The Morgan fingerprint density at radius 2 is 2.05 bits per heavy atom. The molecular formula is C15H31N3OS. The summed E-state index contributed by atoms with van der Waals surface area (Å²) >= 11 is 1.84. The molecule has 0 radical (unpaired) electrons. The summed E-state index contributed by atoms with van der Waals surface area (Å²) in [5.41, 5.74) is 0. The molecule has 1 rings (SSSR count). The van der Waals surface area contributed by atoms with E-state index in [2.05, 4.69) is 28.8 Å². The van der Waals surface area contributed by atoms with Crippen LogP contribution in [0.25, 0.3) is 0 Å². The predicted octanol–water partition coefficient (Wildman–Crippen LogP) is 2.64. The minimum atomic E-state index is 0.515. The van der Waals surface area contributed by atoms with Crippen LogP contribution < -0.4 is 10.6 Å². The smallest absolute Gasteiger partial charge is 0.191 e. The fourth-order valence-corrected chi connectivity index (χ4v) is 2.66. The standard InChI is InChI=1S/C15H31N3OS/c1-3-16-15(18-11-13-20-2)17-10-7-12-19-14-8-5-4-6-9-14/h14H,3-13H2,1-2H3,(H2,16,17,18). The van der Waals surface area contributed by atoms with E-state index >= 15 is 0 Å². The van der Waals surface area contributed by atoms with Crippen LogP contribution in [0.2, 0.25) is 0 Å². The summed E-state index contributed by atoms with van der Waals surface area (Å²) in [6.07, 6.45) is 10.2. The molecule has 0 aromatic heterocycles. The van der Waals surface area contributed by atoms with Gasteiger partial charge in [0.05, 0.1) is 6.10 Å². The Kier molecular flexibility index (Phi) is 10.9. The number of rotatable bonds is 9. The molecule has 1 fully saturated rings. The Morgan fingerprint density at radius 3 is 2.75 bits per heavy atom. The summed E-state index contributed by atoms with van der Waals surface area (Å²) in [4.78, 5) is 4.57. The van der Waals surface area contributed by atoms with Crippen molar-refractivity contribution in [2.24, 2.45) is 4.99 Å². The molecule has 0 aliphatic heterocycles. The van der Waals surface area contributed by atoms with Crippen LogP contribution in [0.15, 0.2) is 4.99 Å². The minimum Gasteiger partial charge on any atom is -0.378 e. The maximum absolute atomic E-state index is 5.91. The highest BCUT2D eigenvalue weighted by molar-refractivity contribution is 7.98. The molecular weight excluding hydrogens is 270 g/mol. The molecule has 0 aromatic carbocycles.